The second-order valence-corrected chi connectivity index (χ2v) is 25.5. The Bertz CT molecular complexity index is 4450. The summed E-state index contributed by atoms with van der Waals surface area (Å²) in [4.78, 5) is 45.8. The SMILES string of the molecule is CC(C)=C(Cl)N(C)C.Cc1cc(F)c(C(=O)Cl)cc1-c1cnn(C2CC2)c1.Cc1cc(F)c(C(=O)Nc2cccc(-c3nnnn3[C@H]3CCOC3)n2)cc1-c1cnn(C2CC2)c1.Cc1cc(F)c(C(=O)O)cc1-c1cnn(C2CC2)c1.Nc1cccc(-c2nnnn2[C@H]2CCOC2)n1.S.S. The maximum absolute atomic E-state index is 14.8. The number of nitrogens with two attached hydrogens (primary N) is 1. The second kappa shape index (κ2) is 33.2. The van der Waals surface area contributed by atoms with E-state index in [9.17, 15) is 27.6 Å². The Labute approximate surface area is 598 Å². The monoisotopic (exact) mass is 1450 g/mol. The highest BCUT2D eigenvalue weighted by Crippen LogP contribution is 2.39. The number of rotatable bonds is 15. The third-order valence-corrected chi connectivity index (χ3v) is 17.6. The summed E-state index contributed by atoms with van der Waals surface area (Å²) in [6.45, 7) is 11.9. The lowest BCUT2D eigenvalue weighted by Crippen LogP contribution is -2.16. The molecule has 0 radical (unpaired) electrons. The molecule has 4 N–H and O–H groups in total. The molecule has 3 saturated carbocycles. The number of aryl methyl sites for hydroxylation is 3. The summed E-state index contributed by atoms with van der Waals surface area (Å²) in [6, 6.07) is 20.6. The van der Waals surface area contributed by atoms with Gasteiger partial charge in [-0.3, -0.25) is 23.6 Å². The molecule has 10 aromatic rings. The number of carbonyl (C=O) groups excluding carboxylic acids is 2. The summed E-state index contributed by atoms with van der Waals surface area (Å²) >= 11 is 11.1. The molecular formula is C68H76Cl2F3N19O6S2. The number of hydrogen-bond donors (Lipinski definition) is 3. The van der Waals surface area contributed by atoms with E-state index < -0.39 is 34.6 Å². The molecule has 25 nitrogen and oxygen atoms in total. The molecule has 3 aliphatic carbocycles. The average molecular weight is 1450 g/mol. The van der Waals surface area contributed by atoms with Crippen molar-refractivity contribution in [1.29, 1.82) is 0 Å². The molecule has 15 rings (SSSR count). The number of tetrazole rings is 2. The minimum Gasteiger partial charge on any atom is -0.478 e. The first-order valence-electron chi connectivity index (χ1n) is 31.8. The van der Waals surface area contributed by atoms with Crippen LogP contribution in [0.3, 0.4) is 0 Å². The van der Waals surface area contributed by atoms with Crippen molar-refractivity contribution < 1.29 is 42.1 Å². The van der Waals surface area contributed by atoms with E-state index in [0.29, 0.717) is 77.9 Å². The van der Waals surface area contributed by atoms with Gasteiger partial charge in [-0.1, -0.05) is 23.7 Å². The number of benzene rings is 3. The summed E-state index contributed by atoms with van der Waals surface area (Å²) in [5.74, 6) is -1.90. The number of carboxylic acid groups (broad SMARTS) is 1. The van der Waals surface area contributed by atoms with Gasteiger partial charge in [-0.2, -0.15) is 42.3 Å². The number of ether oxygens (including phenoxy) is 2. The van der Waals surface area contributed by atoms with Gasteiger partial charge in [-0.05, 0) is 218 Å². The molecule has 100 heavy (non-hydrogen) atoms. The molecule has 0 bridgehead atoms. The Hall–Kier alpha value is -9.33. The number of allylic oxidation sites excluding steroid dienone is 1. The van der Waals surface area contributed by atoms with E-state index in [1.807, 2.05) is 84.5 Å². The quantitative estimate of drug-likeness (QED) is 0.0634. The largest absolute Gasteiger partial charge is 0.478 e. The maximum atomic E-state index is 14.8. The van der Waals surface area contributed by atoms with Crippen molar-refractivity contribution in [3.63, 3.8) is 0 Å². The van der Waals surface area contributed by atoms with Crippen LogP contribution in [0.1, 0.15) is 143 Å². The zero-order valence-corrected chi connectivity index (χ0v) is 59.3. The molecule has 2 aliphatic heterocycles. The van der Waals surface area contributed by atoms with Gasteiger partial charge in [0.1, 0.15) is 45.6 Å². The summed E-state index contributed by atoms with van der Waals surface area (Å²) in [7, 11) is 3.85. The highest BCUT2D eigenvalue weighted by molar-refractivity contribution is 7.59. The number of anilines is 2. The summed E-state index contributed by atoms with van der Waals surface area (Å²) in [5.41, 5.74) is 14.5. The first-order chi connectivity index (χ1) is 47.1. The molecule has 7 aromatic heterocycles. The molecule has 0 spiro atoms. The van der Waals surface area contributed by atoms with Gasteiger partial charge >= 0.3 is 5.97 Å². The first kappa shape index (κ1) is 74.9. The summed E-state index contributed by atoms with van der Waals surface area (Å²) < 4.78 is 61.9. The topological polar surface area (TPSA) is 298 Å². The van der Waals surface area contributed by atoms with Gasteiger partial charge in [0, 0.05) is 62.6 Å². The van der Waals surface area contributed by atoms with Crippen molar-refractivity contribution >= 4 is 78.9 Å². The fraction of sp³-hybridized carbons (Fsp3) is 0.353. The zero-order chi connectivity index (χ0) is 69.5. The van der Waals surface area contributed by atoms with Gasteiger partial charge < -0.3 is 30.5 Å². The molecule has 526 valence electrons. The molecule has 32 heteroatoms. The van der Waals surface area contributed by atoms with E-state index in [1.54, 1.807) is 72.1 Å². The molecule has 0 unspecified atom stereocenters. The van der Waals surface area contributed by atoms with Crippen molar-refractivity contribution in [2.24, 2.45) is 0 Å². The molecule has 2 atom stereocenters. The molecule has 5 aliphatic rings. The smallest absolute Gasteiger partial charge is 0.338 e. The van der Waals surface area contributed by atoms with Crippen LogP contribution in [0.5, 0.6) is 0 Å². The number of aromatic nitrogens is 16. The Morgan fingerprint density at radius 1 is 0.580 bits per heavy atom. The van der Waals surface area contributed by atoms with E-state index in [-0.39, 0.29) is 61.6 Å². The van der Waals surface area contributed by atoms with Gasteiger partial charge in [0.05, 0.1) is 78.7 Å². The molecular weight excluding hydrogens is 1370 g/mol. The number of pyridine rings is 2. The second-order valence-electron chi connectivity index (χ2n) is 24.8. The molecule has 2 saturated heterocycles. The standard InChI is InChI=1S/C24H23FN8O2.C14H12ClFN2O.C14H13FN2O2.C10H12N6O.C6H12ClN.2H2S/c1-14-9-20(25)19(10-18(14)15-11-26-32(12-15)16-5-6-16)24(34)28-22-4-2-3-21(27-22)23-29-30-31-33(23)17-7-8-35-13-17;1-8-4-13(16)12(14(15)19)5-11(8)9-6-17-18(7-9)10-2-3-10;1-8-4-13(15)12(14(18)19)5-11(8)9-6-16-17(7-9)10-2-3-10;11-9-3-1-2-8(12-9)10-13-14-15-16(10)7-4-5-17-6-7;1-5(2)6(7)8(3)4;;/h2-4,9-12,16-17H,5-8,13H2,1H3,(H,27,28,34);4-7,10H,2-3H2,1H3;4-7,10H,2-3H2,1H3,(H,18,19);1-3,7H,4-6H2,(H2,11,12);1-4H3;2*1H2/t17-;;;7-;;;/m0..0.../s1. The van der Waals surface area contributed by atoms with Crippen LogP contribution in [-0.2, 0) is 9.47 Å². The van der Waals surface area contributed by atoms with Crippen molar-refractivity contribution in [3.05, 3.63) is 172 Å². The number of nitrogens with zero attached hydrogens (tertiary/aromatic N) is 17. The first-order valence-corrected chi connectivity index (χ1v) is 32.5. The predicted octanol–water partition coefficient (Wildman–Crippen LogP) is 12.9. The minimum atomic E-state index is -1.26. The van der Waals surface area contributed by atoms with E-state index >= 15 is 0 Å². The van der Waals surface area contributed by atoms with E-state index in [1.165, 1.54) is 30.3 Å². The fourth-order valence-electron chi connectivity index (χ4n) is 11.0. The van der Waals surface area contributed by atoms with Gasteiger partial charge in [0.25, 0.3) is 11.1 Å². The van der Waals surface area contributed by atoms with Crippen molar-refractivity contribution in [2.45, 2.75) is 116 Å². The van der Waals surface area contributed by atoms with Crippen LogP contribution in [0.4, 0.5) is 24.8 Å². The zero-order valence-electron chi connectivity index (χ0n) is 55.8. The molecule has 9 heterocycles. The van der Waals surface area contributed by atoms with E-state index in [0.717, 1.165) is 108 Å². The highest BCUT2D eigenvalue weighted by atomic mass is 35.5. The lowest BCUT2D eigenvalue weighted by Gasteiger charge is -2.12. The van der Waals surface area contributed by atoms with E-state index in [4.69, 9.17) is 43.5 Å². The van der Waals surface area contributed by atoms with Crippen LogP contribution >= 0.6 is 50.2 Å². The summed E-state index contributed by atoms with van der Waals surface area (Å²) in [6.07, 6.45) is 19.5. The van der Waals surface area contributed by atoms with Crippen LogP contribution in [-0.4, -0.2) is 147 Å². The van der Waals surface area contributed by atoms with Gasteiger partial charge in [0.15, 0.2) is 0 Å². The maximum Gasteiger partial charge on any atom is 0.338 e. The van der Waals surface area contributed by atoms with Gasteiger partial charge in [-0.15, -0.1) is 10.2 Å². The third-order valence-electron chi connectivity index (χ3n) is 16.6. The Kier molecular flexibility index (Phi) is 24.9. The number of carboxylic acids is 1. The Morgan fingerprint density at radius 3 is 1.37 bits per heavy atom. The van der Waals surface area contributed by atoms with Crippen molar-refractivity contribution in [1.82, 2.24) is 84.6 Å². The van der Waals surface area contributed by atoms with Crippen LogP contribution < -0.4 is 11.1 Å². The van der Waals surface area contributed by atoms with Crippen LogP contribution in [0.2, 0.25) is 0 Å². The van der Waals surface area contributed by atoms with Crippen LogP contribution in [0.15, 0.2) is 121 Å². The number of nitrogens with one attached hydrogen (secondary N) is 1. The minimum absolute atomic E-state index is 0. The number of amides is 1. The van der Waals surface area contributed by atoms with Crippen LogP contribution in [0, 0.1) is 38.2 Å². The molecule has 5 fully saturated rings. The predicted molar refractivity (Wildman–Crippen MR) is 381 cm³/mol. The van der Waals surface area contributed by atoms with Crippen LogP contribution in [0.25, 0.3) is 56.4 Å². The molecule has 1 amide bonds. The lowest BCUT2D eigenvalue weighted by atomic mass is 9.99. The van der Waals surface area contributed by atoms with Gasteiger partial charge in [-0.25, -0.2) is 37.3 Å². The number of halogens is 5. The highest BCUT2D eigenvalue weighted by Gasteiger charge is 2.29. The van der Waals surface area contributed by atoms with Gasteiger partial charge in [0.2, 0.25) is 11.6 Å². The number of carbonyl (C=O) groups is 3. The Morgan fingerprint density at radius 2 is 0.990 bits per heavy atom. The van der Waals surface area contributed by atoms with Crippen molar-refractivity contribution in [2.75, 3.05) is 51.6 Å². The number of hydrogen-bond acceptors (Lipinski definition) is 18. The average Bonchev–Trinajstić information content (AvgIpc) is 1.63. The fourth-order valence-corrected chi connectivity index (χ4v) is 11.1. The Balaban J connectivity index is 0.000000155. The summed E-state index contributed by atoms with van der Waals surface area (Å²) in [5, 5.41) is 48.4. The van der Waals surface area contributed by atoms with E-state index in [2.05, 4.69) is 61.6 Å². The number of nitrogen functional groups attached to an aromatic ring is 1. The normalized spacial score (nSPS) is 15.8. The third kappa shape index (κ3) is 18.4. The van der Waals surface area contributed by atoms with Crippen molar-refractivity contribution in [3.8, 4) is 56.4 Å². The molecule has 3 aromatic carbocycles. The lowest BCUT2D eigenvalue weighted by molar-refractivity contribution is 0.0691. The number of aromatic carboxylic acids is 1.